The number of carbonyl (C=O) groups is 2. The first kappa shape index (κ1) is 19.3. The summed E-state index contributed by atoms with van der Waals surface area (Å²) in [6.45, 7) is 1.53. The van der Waals surface area contributed by atoms with Gasteiger partial charge >= 0.3 is 6.18 Å². The minimum atomic E-state index is -4.48. The summed E-state index contributed by atoms with van der Waals surface area (Å²) < 4.78 is 38.9. The molecular weight excluding hydrogens is 377 g/mol. The number of alkyl halides is 3. The van der Waals surface area contributed by atoms with Gasteiger partial charge in [-0.1, -0.05) is 18.2 Å². The van der Waals surface area contributed by atoms with Crippen LogP contribution in [0.3, 0.4) is 0 Å². The van der Waals surface area contributed by atoms with E-state index in [1.807, 2.05) is 24.3 Å². The number of rotatable bonds is 4. The Morgan fingerprint density at radius 2 is 1.96 bits per heavy atom. The number of benzene rings is 2. The summed E-state index contributed by atoms with van der Waals surface area (Å²) in [5, 5.41) is 2.48. The summed E-state index contributed by atoms with van der Waals surface area (Å²) in [5.74, 6) is -0.248. The van der Waals surface area contributed by atoms with Crippen molar-refractivity contribution in [3.8, 4) is 0 Å². The smallest absolute Gasteiger partial charge is 0.326 e. The van der Waals surface area contributed by atoms with E-state index in [0.29, 0.717) is 5.75 Å². The van der Waals surface area contributed by atoms with E-state index in [9.17, 15) is 22.8 Å². The highest BCUT2D eigenvalue weighted by atomic mass is 32.2. The van der Waals surface area contributed by atoms with Crippen molar-refractivity contribution >= 4 is 35.0 Å². The van der Waals surface area contributed by atoms with E-state index in [2.05, 4.69) is 5.32 Å². The molecule has 0 fully saturated rings. The van der Waals surface area contributed by atoms with E-state index in [0.717, 1.165) is 16.6 Å². The number of nitrogens with zero attached hydrogens (tertiary/aromatic N) is 1. The molecule has 8 heteroatoms. The van der Waals surface area contributed by atoms with E-state index in [4.69, 9.17) is 0 Å². The molecule has 0 atom stereocenters. The summed E-state index contributed by atoms with van der Waals surface area (Å²) in [4.78, 5) is 26.9. The van der Waals surface area contributed by atoms with E-state index in [-0.39, 0.29) is 30.1 Å². The van der Waals surface area contributed by atoms with Gasteiger partial charge in [0.2, 0.25) is 11.8 Å². The molecule has 0 saturated heterocycles. The average Bonchev–Trinajstić information content (AvgIpc) is 2.61. The Balaban J connectivity index is 1.67. The third-order valence-electron chi connectivity index (χ3n) is 4.20. The van der Waals surface area contributed by atoms with Crippen molar-refractivity contribution in [3.05, 3.63) is 53.6 Å². The molecule has 2 aromatic rings. The highest BCUT2D eigenvalue weighted by molar-refractivity contribution is 8.00. The topological polar surface area (TPSA) is 49.4 Å². The molecule has 0 aromatic heterocycles. The highest BCUT2D eigenvalue weighted by Gasteiger charge is 2.32. The molecule has 1 aliphatic rings. The van der Waals surface area contributed by atoms with Crippen molar-refractivity contribution in [1.82, 2.24) is 0 Å². The fourth-order valence-corrected chi connectivity index (χ4v) is 3.78. The van der Waals surface area contributed by atoms with Gasteiger partial charge in [0.1, 0.15) is 0 Å². The zero-order chi connectivity index (χ0) is 19.6. The highest BCUT2D eigenvalue weighted by Crippen LogP contribution is 2.35. The molecule has 0 aliphatic carbocycles. The zero-order valence-corrected chi connectivity index (χ0v) is 15.3. The van der Waals surface area contributed by atoms with Gasteiger partial charge < -0.3 is 10.2 Å². The Morgan fingerprint density at radius 1 is 1.22 bits per heavy atom. The second-order valence-electron chi connectivity index (χ2n) is 6.13. The summed E-state index contributed by atoms with van der Waals surface area (Å²) in [7, 11) is 0. The van der Waals surface area contributed by atoms with E-state index < -0.39 is 17.6 Å². The van der Waals surface area contributed by atoms with Gasteiger partial charge in [-0.3, -0.25) is 9.59 Å². The fourth-order valence-electron chi connectivity index (χ4n) is 2.84. The fraction of sp³-hybridized carbons (Fsp3) is 0.263. The van der Waals surface area contributed by atoms with E-state index >= 15 is 0 Å². The molecule has 27 heavy (non-hydrogen) atoms. The number of amides is 2. The number of aryl methyl sites for hydroxylation is 1. The van der Waals surface area contributed by atoms with Crippen molar-refractivity contribution in [2.45, 2.75) is 24.4 Å². The number of halogens is 3. The maximum atomic E-state index is 13.0. The Morgan fingerprint density at radius 3 is 2.70 bits per heavy atom. The minimum Gasteiger partial charge on any atom is -0.326 e. The monoisotopic (exact) mass is 394 g/mol. The number of hydrogen-bond acceptors (Lipinski definition) is 3. The first-order valence-corrected chi connectivity index (χ1v) is 9.24. The van der Waals surface area contributed by atoms with Gasteiger partial charge in [0.25, 0.3) is 0 Å². The number of para-hydroxylation sites is 1. The Bertz CT molecular complexity index is 883. The predicted molar refractivity (Wildman–Crippen MR) is 98.9 cm³/mol. The minimum absolute atomic E-state index is 0.0139. The SMILES string of the molecule is Cc1ccc(NC(=O)CCN2C(=O)CSc3ccccc32)cc1C(F)(F)F. The third kappa shape index (κ3) is 4.44. The van der Waals surface area contributed by atoms with Crippen LogP contribution in [0.5, 0.6) is 0 Å². The van der Waals surface area contributed by atoms with Gasteiger partial charge in [-0.05, 0) is 36.8 Å². The van der Waals surface area contributed by atoms with Crippen LogP contribution < -0.4 is 10.2 Å². The van der Waals surface area contributed by atoms with Crippen LogP contribution >= 0.6 is 11.8 Å². The van der Waals surface area contributed by atoms with Crippen LogP contribution in [-0.4, -0.2) is 24.1 Å². The summed E-state index contributed by atoms with van der Waals surface area (Å²) >= 11 is 1.44. The summed E-state index contributed by atoms with van der Waals surface area (Å²) in [6, 6.07) is 11.1. The Labute approximate surface area is 158 Å². The first-order valence-electron chi connectivity index (χ1n) is 8.25. The lowest BCUT2D eigenvalue weighted by molar-refractivity contribution is -0.138. The zero-order valence-electron chi connectivity index (χ0n) is 14.5. The molecule has 4 nitrogen and oxygen atoms in total. The summed E-state index contributed by atoms with van der Waals surface area (Å²) in [5.41, 5.74) is 0.145. The van der Waals surface area contributed by atoms with Gasteiger partial charge in [-0.15, -0.1) is 11.8 Å². The maximum Gasteiger partial charge on any atom is 0.416 e. The number of carbonyl (C=O) groups excluding carboxylic acids is 2. The van der Waals surface area contributed by atoms with Crippen molar-refractivity contribution in [2.24, 2.45) is 0 Å². The van der Waals surface area contributed by atoms with Crippen molar-refractivity contribution < 1.29 is 22.8 Å². The van der Waals surface area contributed by atoms with Gasteiger partial charge in [-0.2, -0.15) is 13.2 Å². The molecule has 142 valence electrons. The number of fused-ring (bicyclic) bond motifs is 1. The molecule has 2 amide bonds. The second-order valence-corrected chi connectivity index (χ2v) is 7.14. The van der Waals surface area contributed by atoms with Crippen molar-refractivity contribution in [2.75, 3.05) is 22.5 Å². The Hall–Kier alpha value is -2.48. The largest absolute Gasteiger partial charge is 0.416 e. The second kappa shape index (κ2) is 7.64. The maximum absolute atomic E-state index is 13.0. The van der Waals surface area contributed by atoms with Crippen molar-refractivity contribution in [1.29, 1.82) is 0 Å². The summed E-state index contributed by atoms with van der Waals surface area (Å²) in [6.07, 6.45) is -4.49. The van der Waals surface area contributed by atoms with Crippen LogP contribution in [0.2, 0.25) is 0 Å². The van der Waals surface area contributed by atoms with Crippen molar-refractivity contribution in [3.63, 3.8) is 0 Å². The molecule has 0 spiro atoms. The molecule has 0 saturated carbocycles. The van der Waals surface area contributed by atoms with Crippen LogP contribution in [-0.2, 0) is 15.8 Å². The molecule has 3 rings (SSSR count). The van der Waals surface area contributed by atoms with Crippen LogP contribution in [0.25, 0.3) is 0 Å². The molecule has 2 aromatic carbocycles. The molecule has 0 unspecified atom stereocenters. The van der Waals surface area contributed by atoms with E-state index in [1.54, 1.807) is 4.90 Å². The lowest BCUT2D eigenvalue weighted by Crippen LogP contribution is -2.37. The lowest BCUT2D eigenvalue weighted by Gasteiger charge is -2.28. The number of thioether (sulfide) groups is 1. The predicted octanol–water partition coefficient (Wildman–Crippen LogP) is 4.48. The van der Waals surface area contributed by atoms with Crippen LogP contribution in [0.15, 0.2) is 47.4 Å². The third-order valence-corrected chi connectivity index (χ3v) is 5.24. The molecule has 1 aliphatic heterocycles. The van der Waals surface area contributed by atoms with Crippen LogP contribution in [0.4, 0.5) is 24.5 Å². The van der Waals surface area contributed by atoms with Gasteiger partial charge in [0.15, 0.2) is 0 Å². The first-order chi connectivity index (χ1) is 12.8. The lowest BCUT2D eigenvalue weighted by atomic mass is 10.1. The van der Waals surface area contributed by atoms with Crippen LogP contribution in [0, 0.1) is 6.92 Å². The van der Waals surface area contributed by atoms with Gasteiger partial charge in [0.05, 0.1) is 17.0 Å². The molecular formula is C19H17F3N2O2S. The molecule has 1 N–H and O–H groups in total. The van der Waals surface area contributed by atoms with Gasteiger partial charge in [0, 0.05) is 23.5 Å². The van der Waals surface area contributed by atoms with Crippen LogP contribution in [0.1, 0.15) is 17.5 Å². The number of nitrogens with one attached hydrogen (secondary N) is 1. The quantitative estimate of drug-likeness (QED) is 0.832. The van der Waals surface area contributed by atoms with Gasteiger partial charge in [-0.25, -0.2) is 0 Å². The molecule has 0 radical (unpaired) electrons. The Kier molecular flexibility index (Phi) is 5.46. The molecule has 0 bridgehead atoms. The molecule has 1 heterocycles. The normalized spacial score (nSPS) is 14.1. The standard InChI is InChI=1S/C19H17F3N2O2S/c1-12-6-7-13(10-14(12)19(20,21)22)23-17(25)8-9-24-15-4-2-3-5-16(15)27-11-18(24)26/h2-7,10H,8-9,11H2,1H3,(H,23,25). The average molecular weight is 394 g/mol. The number of hydrogen-bond donors (Lipinski definition) is 1. The van der Waals surface area contributed by atoms with E-state index in [1.165, 1.54) is 30.8 Å². The number of anilines is 2.